The van der Waals surface area contributed by atoms with Crippen LogP contribution in [0.1, 0.15) is 35.3 Å². The van der Waals surface area contributed by atoms with Crippen molar-refractivity contribution < 1.29 is 9.53 Å². The second-order valence-corrected chi connectivity index (χ2v) is 10.1. The van der Waals surface area contributed by atoms with Crippen molar-refractivity contribution >= 4 is 52.5 Å². The number of amides is 1. The SMILES string of the molecule is COc1cccc(CSc2nnc(C(C)NC(=O)C(Cl)c3ccccc3)n2-c2cc(Cl)ccc2Cl)c1. The predicted octanol–water partition coefficient (Wildman–Crippen LogP) is 7.03. The Morgan fingerprint density at radius 2 is 1.83 bits per heavy atom. The third-order valence-corrected chi connectivity index (χ3v) is 7.38. The van der Waals surface area contributed by atoms with Crippen LogP contribution < -0.4 is 10.1 Å². The van der Waals surface area contributed by atoms with Gasteiger partial charge in [0.2, 0.25) is 5.91 Å². The van der Waals surface area contributed by atoms with Gasteiger partial charge in [0.25, 0.3) is 0 Å². The van der Waals surface area contributed by atoms with E-state index in [-0.39, 0.29) is 5.91 Å². The van der Waals surface area contributed by atoms with Gasteiger partial charge in [-0.2, -0.15) is 0 Å². The topological polar surface area (TPSA) is 69.0 Å². The van der Waals surface area contributed by atoms with Gasteiger partial charge >= 0.3 is 0 Å². The molecular weight excluding hydrogens is 539 g/mol. The molecular formula is C26H23Cl3N4O2S. The van der Waals surface area contributed by atoms with Gasteiger partial charge in [0, 0.05) is 10.8 Å². The number of rotatable bonds is 9. The largest absolute Gasteiger partial charge is 0.497 e. The number of carbonyl (C=O) groups is 1. The average molecular weight is 562 g/mol. The third-order valence-electron chi connectivity index (χ3n) is 5.38. The molecule has 186 valence electrons. The van der Waals surface area contributed by atoms with Crippen LogP contribution in [0.25, 0.3) is 5.69 Å². The Kier molecular flexibility index (Phi) is 8.80. The summed E-state index contributed by atoms with van der Waals surface area (Å²) >= 11 is 20.8. The second kappa shape index (κ2) is 12.0. The highest BCUT2D eigenvalue weighted by Crippen LogP contribution is 2.33. The molecule has 2 atom stereocenters. The molecule has 4 rings (SSSR count). The van der Waals surface area contributed by atoms with Crippen LogP contribution in [0, 0.1) is 0 Å². The van der Waals surface area contributed by atoms with E-state index >= 15 is 0 Å². The average Bonchev–Trinajstić information content (AvgIpc) is 3.33. The Labute approximate surface area is 228 Å². The van der Waals surface area contributed by atoms with E-state index in [1.165, 1.54) is 11.8 Å². The molecule has 0 aliphatic heterocycles. The van der Waals surface area contributed by atoms with Gasteiger partial charge in [-0.3, -0.25) is 9.36 Å². The van der Waals surface area contributed by atoms with Crippen LogP contribution >= 0.6 is 46.6 Å². The molecule has 36 heavy (non-hydrogen) atoms. The molecule has 0 saturated heterocycles. The quantitative estimate of drug-likeness (QED) is 0.175. The maximum atomic E-state index is 12.9. The van der Waals surface area contributed by atoms with E-state index in [4.69, 9.17) is 39.5 Å². The first-order chi connectivity index (χ1) is 17.4. The molecule has 2 unspecified atom stereocenters. The molecule has 1 amide bonds. The molecule has 0 spiro atoms. The predicted molar refractivity (Wildman–Crippen MR) is 146 cm³/mol. The molecule has 6 nitrogen and oxygen atoms in total. The number of thioether (sulfide) groups is 1. The lowest BCUT2D eigenvalue weighted by atomic mass is 10.1. The molecule has 1 aromatic heterocycles. The zero-order valence-electron chi connectivity index (χ0n) is 19.5. The van der Waals surface area contributed by atoms with Crippen LogP contribution in [0.15, 0.2) is 78.0 Å². The summed E-state index contributed by atoms with van der Waals surface area (Å²) in [6, 6.07) is 21.6. The minimum atomic E-state index is -0.846. The molecule has 10 heteroatoms. The molecule has 4 aromatic rings. The van der Waals surface area contributed by atoms with E-state index in [1.807, 2.05) is 66.1 Å². The van der Waals surface area contributed by atoms with E-state index in [2.05, 4.69) is 15.5 Å². The van der Waals surface area contributed by atoms with Crippen LogP contribution in [0.2, 0.25) is 10.0 Å². The number of nitrogens with one attached hydrogen (secondary N) is 1. The number of ether oxygens (including phenoxy) is 1. The van der Waals surface area contributed by atoms with E-state index in [9.17, 15) is 4.79 Å². The molecule has 3 aromatic carbocycles. The zero-order valence-corrected chi connectivity index (χ0v) is 22.6. The lowest BCUT2D eigenvalue weighted by molar-refractivity contribution is -0.121. The first-order valence-electron chi connectivity index (χ1n) is 11.0. The Balaban J connectivity index is 1.64. The standard InChI is InChI=1S/C26H23Cl3N4O2S/c1-16(30-25(34)23(29)18-8-4-3-5-9-18)24-31-32-26(33(24)22-14-19(27)11-12-21(22)28)36-15-17-7-6-10-20(13-17)35-2/h3-14,16,23H,15H2,1-2H3,(H,30,34). The second-order valence-electron chi connectivity index (χ2n) is 7.92. The van der Waals surface area contributed by atoms with Crippen molar-refractivity contribution in [3.8, 4) is 11.4 Å². The van der Waals surface area contributed by atoms with Gasteiger partial charge in [-0.15, -0.1) is 21.8 Å². The molecule has 1 N–H and O–H groups in total. The highest BCUT2D eigenvalue weighted by Gasteiger charge is 2.25. The van der Waals surface area contributed by atoms with E-state index in [0.29, 0.717) is 38.0 Å². The summed E-state index contributed by atoms with van der Waals surface area (Å²) in [6.45, 7) is 1.82. The molecule has 0 radical (unpaired) electrons. The van der Waals surface area contributed by atoms with Gasteiger partial charge in [0.15, 0.2) is 11.0 Å². The van der Waals surface area contributed by atoms with Crippen LogP contribution in [0.3, 0.4) is 0 Å². The summed E-state index contributed by atoms with van der Waals surface area (Å²) in [5.41, 5.74) is 2.38. The molecule has 0 aliphatic rings. The number of methoxy groups -OCH3 is 1. The van der Waals surface area contributed by atoms with Crippen LogP contribution in [0.4, 0.5) is 0 Å². The van der Waals surface area contributed by atoms with Crippen molar-refractivity contribution in [1.29, 1.82) is 0 Å². The van der Waals surface area contributed by atoms with Gasteiger partial charge in [-0.1, -0.05) is 77.4 Å². The number of aromatic nitrogens is 3. The van der Waals surface area contributed by atoms with Crippen LogP contribution in [-0.4, -0.2) is 27.8 Å². The maximum Gasteiger partial charge on any atom is 0.243 e. The van der Waals surface area contributed by atoms with Gasteiger partial charge in [0.05, 0.1) is 23.9 Å². The number of halogens is 3. The van der Waals surface area contributed by atoms with Crippen LogP contribution in [-0.2, 0) is 10.5 Å². The number of carbonyl (C=O) groups excluding carboxylic acids is 1. The summed E-state index contributed by atoms with van der Waals surface area (Å²) < 4.78 is 7.14. The molecule has 0 bridgehead atoms. The maximum absolute atomic E-state index is 12.9. The van der Waals surface area contributed by atoms with Crippen molar-refractivity contribution in [2.24, 2.45) is 0 Å². The van der Waals surface area contributed by atoms with E-state index in [1.54, 1.807) is 25.3 Å². The van der Waals surface area contributed by atoms with Crippen molar-refractivity contribution in [2.75, 3.05) is 7.11 Å². The first kappa shape index (κ1) is 26.4. The summed E-state index contributed by atoms with van der Waals surface area (Å²) in [5.74, 6) is 1.55. The number of benzene rings is 3. The normalized spacial score (nSPS) is 12.7. The Morgan fingerprint density at radius 3 is 2.58 bits per heavy atom. The van der Waals surface area contributed by atoms with Crippen molar-refractivity contribution in [2.45, 2.75) is 29.3 Å². The summed E-state index contributed by atoms with van der Waals surface area (Å²) in [4.78, 5) is 12.9. The van der Waals surface area contributed by atoms with Crippen molar-refractivity contribution in [3.63, 3.8) is 0 Å². The molecule has 0 fully saturated rings. The van der Waals surface area contributed by atoms with Gasteiger partial charge in [-0.25, -0.2) is 0 Å². The Bertz CT molecular complexity index is 1350. The number of nitrogens with zero attached hydrogens (tertiary/aromatic N) is 3. The van der Waals surface area contributed by atoms with E-state index in [0.717, 1.165) is 11.3 Å². The summed E-state index contributed by atoms with van der Waals surface area (Å²) in [5, 5.41) is 12.5. The van der Waals surface area contributed by atoms with Crippen LogP contribution in [0.5, 0.6) is 5.75 Å². The zero-order chi connectivity index (χ0) is 25.7. The minimum absolute atomic E-state index is 0.340. The number of alkyl halides is 1. The Hall–Kier alpha value is -2.71. The third kappa shape index (κ3) is 6.16. The minimum Gasteiger partial charge on any atom is -0.497 e. The van der Waals surface area contributed by atoms with Gasteiger partial charge in [0.1, 0.15) is 11.1 Å². The lowest BCUT2D eigenvalue weighted by Gasteiger charge is -2.19. The van der Waals surface area contributed by atoms with Crippen molar-refractivity contribution in [3.05, 3.63) is 99.8 Å². The molecule has 0 aliphatic carbocycles. The van der Waals surface area contributed by atoms with E-state index < -0.39 is 11.4 Å². The number of hydrogen-bond donors (Lipinski definition) is 1. The fourth-order valence-corrected chi connectivity index (χ4v) is 5.05. The highest BCUT2D eigenvalue weighted by molar-refractivity contribution is 7.98. The summed E-state index contributed by atoms with van der Waals surface area (Å²) in [7, 11) is 1.63. The molecule has 0 saturated carbocycles. The molecule has 1 heterocycles. The smallest absolute Gasteiger partial charge is 0.243 e. The highest BCUT2D eigenvalue weighted by atomic mass is 35.5. The number of hydrogen-bond acceptors (Lipinski definition) is 5. The fourth-order valence-electron chi connectivity index (χ4n) is 3.57. The van der Waals surface area contributed by atoms with Gasteiger partial charge < -0.3 is 10.1 Å². The Morgan fingerprint density at radius 1 is 1.06 bits per heavy atom. The summed E-state index contributed by atoms with van der Waals surface area (Å²) in [6.07, 6.45) is 0. The fraction of sp³-hybridized carbons (Fsp3) is 0.192. The lowest BCUT2D eigenvalue weighted by Crippen LogP contribution is -2.31. The van der Waals surface area contributed by atoms with Crippen molar-refractivity contribution in [1.82, 2.24) is 20.1 Å². The monoisotopic (exact) mass is 560 g/mol. The first-order valence-corrected chi connectivity index (χ1v) is 13.2. The van der Waals surface area contributed by atoms with Gasteiger partial charge in [-0.05, 0) is 48.4 Å².